The number of piperazine rings is 1. The maximum absolute atomic E-state index is 11.9. The van der Waals surface area contributed by atoms with Crippen molar-refractivity contribution in [1.82, 2.24) is 9.80 Å². The summed E-state index contributed by atoms with van der Waals surface area (Å²) in [5, 5.41) is 0. The van der Waals surface area contributed by atoms with E-state index < -0.39 is 0 Å². The highest BCUT2D eigenvalue weighted by molar-refractivity contribution is 5.70. The van der Waals surface area contributed by atoms with Crippen LogP contribution in [0.1, 0.15) is 45.4 Å². The Morgan fingerprint density at radius 2 is 1.80 bits per heavy atom. The maximum atomic E-state index is 11.9. The fraction of sp³-hybridized carbons (Fsp3) is 0.938. The summed E-state index contributed by atoms with van der Waals surface area (Å²) in [6.07, 6.45) is 7.19. The SMILES string of the molecule is CCOC(=O)CC(C1CCCCC1)N1CCN(C)CC1. The van der Waals surface area contributed by atoms with E-state index in [0.717, 1.165) is 26.2 Å². The lowest BCUT2D eigenvalue weighted by Gasteiger charge is -2.42. The lowest BCUT2D eigenvalue weighted by Crippen LogP contribution is -2.52. The van der Waals surface area contributed by atoms with Crippen LogP contribution in [0.4, 0.5) is 0 Å². The lowest BCUT2D eigenvalue weighted by molar-refractivity contribution is -0.145. The number of hydrogen-bond donors (Lipinski definition) is 0. The molecule has 4 heteroatoms. The average molecular weight is 282 g/mol. The van der Waals surface area contributed by atoms with Gasteiger partial charge in [-0.3, -0.25) is 9.69 Å². The minimum absolute atomic E-state index is 0.0120. The Morgan fingerprint density at radius 1 is 1.15 bits per heavy atom. The highest BCUT2D eigenvalue weighted by Crippen LogP contribution is 2.31. The van der Waals surface area contributed by atoms with Gasteiger partial charge in [0, 0.05) is 32.2 Å². The van der Waals surface area contributed by atoms with Gasteiger partial charge in [0.1, 0.15) is 0 Å². The molecule has 2 aliphatic rings. The van der Waals surface area contributed by atoms with Crippen molar-refractivity contribution in [2.24, 2.45) is 5.92 Å². The first kappa shape index (κ1) is 15.8. The van der Waals surface area contributed by atoms with Crippen molar-refractivity contribution in [2.75, 3.05) is 39.8 Å². The van der Waals surface area contributed by atoms with Crippen molar-refractivity contribution in [3.8, 4) is 0 Å². The standard InChI is InChI=1S/C16H30N2O2/c1-3-20-16(19)13-15(14-7-5-4-6-8-14)18-11-9-17(2)10-12-18/h14-15H,3-13H2,1-2H3. The summed E-state index contributed by atoms with van der Waals surface area (Å²) in [6.45, 7) is 6.81. The molecule has 0 aromatic rings. The van der Waals surface area contributed by atoms with E-state index >= 15 is 0 Å². The Labute approximate surface area is 123 Å². The maximum Gasteiger partial charge on any atom is 0.307 e. The zero-order chi connectivity index (χ0) is 14.4. The summed E-state index contributed by atoms with van der Waals surface area (Å²) in [7, 11) is 2.18. The van der Waals surface area contributed by atoms with Gasteiger partial charge >= 0.3 is 5.97 Å². The minimum Gasteiger partial charge on any atom is -0.466 e. The molecule has 0 aromatic carbocycles. The summed E-state index contributed by atoms with van der Waals surface area (Å²) >= 11 is 0. The Hall–Kier alpha value is -0.610. The zero-order valence-corrected chi connectivity index (χ0v) is 13.1. The molecule has 1 saturated carbocycles. The Kier molecular flexibility index (Phi) is 6.30. The Morgan fingerprint density at radius 3 is 2.40 bits per heavy atom. The van der Waals surface area contributed by atoms with Crippen LogP contribution in [-0.4, -0.2) is 61.6 Å². The molecule has 2 fully saturated rings. The molecule has 2 rings (SSSR count). The molecule has 1 atom stereocenters. The van der Waals surface area contributed by atoms with Crippen LogP contribution in [0, 0.1) is 5.92 Å². The first-order valence-electron chi connectivity index (χ1n) is 8.29. The highest BCUT2D eigenvalue weighted by Gasteiger charge is 2.32. The minimum atomic E-state index is -0.0120. The highest BCUT2D eigenvalue weighted by atomic mass is 16.5. The first-order chi connectivity index (χ1) is 9.70. The second-order valence-electron chi connectivity index (χ2n) is 6.31. The molecule has 116 valence electrons. The van der Waals surface area contributed by atoms with Gasteiger partial charge in [-0.25, -0.2) is 0 Å². The summed E-state index contributed by atoms with van der Waals surface area (Å²) in [5.41, 5.74) is 0. The Balaban J connectivity index is 1.96. The molecule has 0 aromatic heterocycles. The molecule has 20 heavy (non-hydrogen) atoms. The van der Waals surface area contributed by atoms with E-state index in [1.165, 1.54) is 32.1 Å². The number of rotatable bonds is 5. The second kappa shape index (κ2) is 7.99. The normalized spacial score (nSPS) is 24.5. The average Bonchev–Trinajstić information content (AvgIpc) is 2.47. The first-order valence-corrected chi connectivity index (χ1v) is 8.29. The van der Waals surface area contributed by atoms with E-state index in [-0.39, 0.29) is 5.97 Å². The molecule has 1 saturated heterocycles. The van der Waals surface area contributed by atoms with Crippen LogP contribution < -0.4 is 0 Å². The summed E-state index contributed by atoms with van der Waals surface area (Å²) in [5.74, 6) is 0.679. The second-order valence-corrected chi connectivity index (χ2v) is 6.31. The molecule has 1 aliphatic heterocycles. The fourth-order valence-electron chi connectivity index (χ4n) is 3.66. The number of ether oxygens (including phenoxy) is 1. The van der Waals surface area contributed by atoms with Gasteiger partial charge < -0.3 is 9.64 Å². The van der Waals surface area contributed by atoms with E-state index in [2.05, 4.69) is 16.8 Å². The van der Waals surface area contributed by atoms with Gasteiger partial charge in [-0.05, 0) is 32.7 Å². The van der Waals surface area contributed by atoms with Crippen LogP contribution in [0.15, 0.2) is 0 Å². The smallest absolute Gasteiger partial charge is 0.307 e. The van der Waals surface area contributed by atoms with Crippen LogP contribution in [0.2, 0.25) is 0 Å². The quantitative estimate of drug-likeness (QED) is 0.723. The number of carbonyl (C=O) groups excluding carboxylic acids is 1. The lowest BCUT2D eigenvalue weighted by atomic mass is 9.81. The predicted molar refractivity (Wildman–Crippen MR) is 80.7 cm³/mol. The van der Waals surface area contributed by atoms with E-state index in [0.29, 0.717) is 25.0 Å². The van der Waals surface area contributed by atoms with Crippen molar-refractivity contribution >= 4 is 5.97 Å². The molecule has 0 N–H and O–H groups in total. The largest absolute Gasteiger partial charge is 0.466 e. The molecule has 1 heterocycles. The molecule has 0 amide bonds. The number of carbonyl (C=O) groups is 1. The monoisotopic (exact) mass is 282 g/mol. The van der Waals surface area contributed by atoms with Gasteiger partial charge in [0.25, 0.3) is 0 Å². The number of nitrogens with zero attached hydrogens (tertiary/aromatic N) is 2. The summed E-state index contributed by atoms with van der Waals surface area (Å²) in [6, 6.07) is 0.406. The van der Waals surface area contributed by atoms with Crippen LogP contribution in [0.3, 0.4) is 0 Å². The third-order valence-corrected chi connectivity index (χ3v) is 4.88. The van der Waals surface area contributed by atoms with Gasteiger partial charge in [0.05, 0.1) is 13.0 Å². The molecule has 1 aliphatic carbocycles. The topological polar surface area (TPSA) is 32.8 Å². The van der Waals surface area contributed by atoms with Crippen LogP contribution in [0.25, 0.3) is 0 Å². The molecule has 4 nitrogen and oxygen atoms in total. The van der Waals surface area contributed by atoms with Gasteiger partial charge in [0.2, 0.25) is 0 Å². The van der Waals surface area contributed by atoms with Gasteiger partial charge in [0.15, 0.2) is 0 Å². The van der Waals surface area contributed by atoms with Crippen LogP contribution in [0.5, 0.6) is 0 Å². The van der Waals surface area contributed by atoms with Crippen molar-refractivity contribution in [3.05, 3.63) is 0 Å². The molecule has 1 unspecified atom stereocenters. The van der Waals surface area contributed by atoms with Crippen molar-refractivity contribution in [2.45, 2.75) is 51.5 Å². The third-order valence-electron chi connectivity index (χ3n) is 4.88. The van der Waals surface area contributed by atoms with Crippen molar-refractivity contribution in [3.63, 3.8) is 0 Å². The van der Waals surface area contributed by atoms with E-state index in [1.807, 2.05) is 6.92 Å². The van der Waals surface area contributed by atoms with Gasteiger partial charge in [-0.1, -0.05) is 19.3 Å². The number of esters is 1. The fourth-order valence-corrected chi connectivity index (χ4v) is 3.66. The number of hydrogen-bond acceptors (Lipinski definition) is 4. The molecule has 0 bridgehead atoms. The van der Waals surface area contributed by atoms with Crippen molar-refractivity contribution < 1.29 is 9.53 Å². The molecular formula is C16H30N2O2. The van der Waals surface area contributed by atoms with Crippen LogP contribution in [-0.2, 0) is 9.53 Å². The van der Waals surface area contributed by atoms with Crippen LogP contribution >= 0.6 is 0 Å². The molecular weight excluding hydrogens is 252 g/mol. The van der Waals surface area contributed by atoms with E-state index in [9.17, 15) is 4.79 Å². The van der Waals surface area contributed by atoms with E-state index in [4.69, 9.17) is 4.74 Å². The number of likely N-dealkylation sites (N-methyl/N-ethyl adjacent to an activating group) is 1. The zero-order valence-electron chi connectivity index (χ0n) is 13.1. The Bertz CT molecular complexity index is 295. The summed E-state index contributed by atoms with van der Waals surface area (Å²) in [4.78, 5) is 16.9. The van der Waals surface area contributed by atoms with Gasteiger partial charge in [-0.2, -0.15) is 0 Å². The summed E-state index contributed by atoms with van der Waals surface area (Å²) < 4.78 is 5.20. The van der Waals surface area contributed by atoms with Crippen molar-refractivity contribution in [1.29, 1.82) is 0 Å². The third kappa shape index (κ3) is 4.45. The molecule has 0 spiro atoms. The molecule has 0 radical (unpaired) electrons. The van der Waals surface area contributed by atoms with Gasteiger partial charge in [-0.15, -0.1) is 0 Å². The predicted octanol–water partition coefficient (Wildman–Crippen LogP) is 2.14. The van der Waals surface area contributed by atoms with E-state index in [1.54, 1.807) is 0 Å².